The van der Waals surface area contributed by atoms with Crippen molar-refractivity contribution in [1.82, 2.24) is 25.5 Å². The second-order valence-corrected chi connectivity index (χ2v) is 10.0. The normalized spacial score (nSPS) is 15.0. The van der Waals surface area contributed by atoms with Crippen LogP contribution < -0.4 is 0 Å². The molecule has 2 aromatic heterocycles. The number of H-pyrrole nitrogens is 1. The number of rotatable bonds is 10. The number of nitrogens with zero attached hydrogens (tertiary/aromatic N) is 5. The third-order valence-corrected chi connectivity index (χ3v) is 7.28. The molecule has 6 rings (SSSR count). The molecule has 1 amide bonds. The SMILES string of the molecule is CCCCC1=NC(Cc2ccccc2C(=O)O)C(=O)N1Cc1ccc2oc(-c3ccccc3-c3nn[nH]n3)cc2c1. The Hall–Kier alpha value is -5.12. The third-order valence-electron chi connectivity index (χ3n) is 7.28. The Bertz CT molecular complexity index is 1760. The predicted molar refractivity (Wildman–Crippen MR) is 153 cm³/mol. The molecule has 10 heteroatoms. The van der Waals surface area contributed by atoms with Gasteiger partial charge in [-0.05, 0) is 47.0 Å². The van der Waals surface area contributed by atoms with Crippen LogP contribution in [0.2, 0.25) is 0 Å². The van der Waals surface area contributed by atoms with Crippen LogP contribution in [0.1, 0.15) is 47.7 Å². The molecule has 2 N–H and O–H groups in total. The van der Waals surface area contributed by atoms with Gasteiger partial charge in [-0.25, -0.2) is 4.79 Å². The molecule has 0 saturated carbocycles. The van der Waals surface area contributed by atoms with Crippen LogP contribution in [0.15, 0.2) is 82.2 Å². The summed E-state index contributed by atoms with van der Waals surface area (Å²) in [4.78, 5) is 31.8. The Morgan fingerprint density at radius 3 is 2.63 bits per heavy atom. The van der Waals surface area contributed by atoms with Gasteiger partial charge in [0.15, 0.2) is 0 Å². The van der Waals surface area contributed by atoms with Gasteiger partial charge in [0, 0.05) is 29.4 Å². The number of hydrogen-bond donors (Lipinski definition) is 2. The topological polar surface area (TPSA) is 138 Å². The van der Waals surface area contributed by atoms with Crippen LogP contribution in [0, 0.1) is 0 Å². The molecule has 3 aromatic carbocycles. The molecule has 1 aliphatic heterocycles. The first kappa shape index (κ1) is 26.1. The molecule has 3 heterocycles. The second kappa shape index (κ2) is 11.2. The number of fused-ring (bicyclic) bond motifs is 1. The van der Waals surface area contributed by atoms with Crippen LogP contribution in [-0.2, 0) is 17.8 Å². The van der Waals surface area contributed by atoms with Gasteiger partial charge in [-0.1, -0.05) is 61.9 Å². The molecule has 41 heavy (non-hydrogen) atoms. The van der Waals surface area contributed by atoms with E-state index in [2.05, 4.69) is 27.5 Å². The summed E-state index contributed by atoms with van der Waals surface area (Å²) in [7, 11) is 0. The number of benzene rings is 3. The maximum Gasteiger partial charge on any atom is 0.335 e. The third kappa shape index (κ3) is 5.23. The fourth-order valence-corrected chi connectivity index (χ4v) is 5.24. The number of nitrogens with one attached hydrogen (secondary N) is 1. The van der Waals surface area contributed by atoms with Crippen LogP contribution in [0.4, 0.5) is 0 Å². The van der Waals surface area contributed by atoms with E-state index in [1.165, 1.54) is 0 Å². The standard InChI is InChI=1S/C31H28N6O4/c1-2-3-12-28-32-25(16-20-8-4-5-9-22(20)31(39)40)30(38)37(28)18-19-13-14-26-21(15-19)17-27(41-26)23-10-6-7-11-24(23)29-33-35-36-34-29/h4-11,13-15,17,25H,2-3,12,16,18H2,1H3,(H,39,40)(H,33,34,35,36). The van der Waals surface area contributed by atoms with Gasteiger partial charge in [-0.3, -0.25) is 14.7 Å². The van der Waals surface area contributed by atoms with E-state index in [4.69, 9.17) is 9.41 Å². The zero-order valence-electron chi connectivity index (χ0n) is 22.4. The number of amidine groups is 1. The van der Waals surface area contributed by atoms with Crippen molar-refractivity contribution in [3.63, 3.8) is 0 Å². The van der Waals surface area contributed by atoms with Crippen molar-refractivity contribution in [3.05, 3.63) is 89.5 Å². The number of hydrogen-bond acceptors (Lipinski definition) is 7. The van der Waals surface area contributed by atoms with Crippen molar-refractivity contribution in [2.45, 2.75) is 45.2 Å². The van der Waals surface area contributed by atoms with E-state index < -0.39 is 12.0 Å². The zero-order valence-corrected chi connectivity index (χ0v) is 22.4. The average Bonchev–Trinajstić information content (AvgIpc) is 3.73. The smallest absolute Gasteiger partial charge is 0.335 e. The fraction of sp³-hybridized carbons (Fsp3) is 0.226. The van der Waals surface area contributed by atoms with Crippen molar-refractivity contribution in [3.8, 4) is 22.7 Å². The number of carboxylic acids is 1. The van der Waals surface area contributed by atoms with Gasteiger partial charge in [-0.2, -0.15) is 5.21 Å². The van der Waals surface area contributed by atoms with Crippen LogP contribution >= 0.6 is 0 Å². The summed E-state index contributed by atoms with van der Waals surface area (Å²) in [6.07, 6.45) is 2.81. The summed E-state index contributed by atoms with van der Waals surface area (Å²) < 4.78 is 6.19. The summed E-state index contributed by atoms with van der Waals surface area (Å²) in [6.45, 7) is 2.47. The summed E-state index contributed by atoms with van der Waals surface area (Å²) in [5.74, 6) is 0.784. The molecule has 5 aromatic rings. The number of carbonyl (C=O) groups is 2. The lowest BCUT2D eigenvalue weighted by molar-refractivity contribution is -0.127. The summed E-state index contributed by atoms with van der Waals surface area (Å²) in [5, 5.41) is 24.9. The molecule has 1 unspecified atom stereocenters. The minimum Gasteiger partial charge on any atom is -0.478 e. The predicted octanol–water partition coefficient (Wildman–Crippen LogP) is 5.52. The number of carboxylic acid groups (broad SMARTS) is 1. The van der Waals surface area contributed by atoms with Crippen molar-refractivity contribution in [2.75, 3.05) is 0 Å². The molecule has 0 fully saturated rings. The van der Waals surface area contributed by atoms with Crippen molar-refractivity contribution >= 4 is 28.7 Å². The lowest BCUT2D eigenvalue weighted by atomic mass is 10.00. The van der Waals surface area contributed by atoms with E-state index >= 15 is 0 Å². The lowest BCUT2D eigenvalue weighted by Gasteiger charge is -2.19. The molecule has 1 aliphatic rings. The zero-order chi connectivity index (χ0) is 28.3. The number of unbranched alkanes of at least 4 members (excludes halogenated alkanes) is 1. The molecule has 0 spiro atoms. The Labute approximate surface area is 235 Å². The molecule has 10 nitrogen and oxygen atoms in total. The number of carbonyl (C=O) groups excluding carboxylic acids is 1. The first-order chi connectivity index (χ1) is 20.0. The van der Waals surface area contributed by atoms with Gasteiger partial charge in [0.2, 0.25) is 5.82 Å². The highest BCUT2D eigenvalue weighted by Gasteiger charge is 2.34. The molecule has 0 aliphatic carbocycles. The monoisotopic (exact) mass is 548 g/mol. The van der Waals surface area contributed by atoms with Crippen molar-refractivity contribution in [1.29, 1.82) is 0 Å². The van der Waals surface area contributed by atoms with Gasteiger partial charge in [0.25, 0.3) is 5.91 Å². The fourth-order valence-electron chi connectivity index (χ4n) is 5.24. The van der Waals surface area contributed by atoms with Crippen LogP contribution in [-0.4, -0.2) is 54.4 Å². The summed E-state index contributed by atoms with van der Waals surface area (Å²) in [5.41, 5.74) is 4.12. The first-order valence-electron chi connectivity index (χ1n) is 13.6. The molecular weight excluding hydrogens is 520 g/mol. The van der Waals surface area contributed by atoms with E-state index in [0.717, 1.165) is 46.3 Å². The van der Waals surface area contributed by atoms with Crippen molar-refractivity contribution < 1.29 is 19.1 Å². The highest BCUT2D eigenvalue weighted by atomic mass is 16.4. The molecule has 0 saturated heterocycles. The number of tetrazole rings is 1. The minimum absolute atomic E-state index is 0.113. The molecule has 0 radical (unpaired) electrons. The maximum absolute atomic E-state index is 13.6. The summed E-state index contributed by atoms with van der Waals surface area (Å²) >= 11 is 0. The Morgan fingerprint density at radius 1 is 1.05 bits per heavy atom. The van der Waals surface area contributed by atoms with Crippen LogP contribution in [0.25, 0.3) is 33.7 Å². The van der Waals surface area contributed by atoms with Gasteiger partial charge in [-0.15, -0.1) is 10.2 Å². The molecule has 1 atom stereocenters. The molecule has 0 bridgehead atoms. The molecular formula is C31H28N6O4. The Balaban J connectivity index is 1.27. The number of aliphatic imine (C=N–C) groups is 1. The van der Waals surface area contributed by atoms with Crippen LogP contribution in [0.3, 0.4) is 0 Å². The highest BCUT2D eigenvalue weighted by Crippen LogP contribution is 2.34. The van der Waals surface area contributed by atoms with Gasteiger partial charge >= 0.3 is 5.97 Å². The number of amides is 1. The van der Waals surface area contributed by atoms with E-state index in [9.17, 15) is 14.7 Å². The lowest BCUT2D eigenvalue weighted by Crippen LogP contribution is -2.35. The number of furan rings is 1. The van der Waals surface area contributed by atoms with E-state index in [1.54, 1.807) is 29.2 Å². The van der Waals surface area contributed by atoms with E-state index in [0.29, 0.717) is 30.1 Å². The maximum atomic E-state index is 13.6. The van der Waals surface area contributed by atoms with Crippen LogP contribution in [0.5, 0.6) is 0 Å². The van der Waals surface area contributed by atoms with Gasteiger partial charge in [0.1, 0.15) is 23.2 Å². The Kier molecular flexibility index (Phi) is 7.11. The summed E-state index contributed by atoms with van der Waals surface area (Å²) in [6, 6.07) is 21.7. The number of aromatic carboxylic acids is 1. The van der Waals surface area contributed by atoms with E-state index in [-0.39, 0.29) is 17.9 Å². The number of aromatic nitrogens is 4. The van der Waals surface area contributed by atoms with Gasteiger partial charge in [0.05, 0.1) is 12.1 Å². The van der Waals surface area contributed by atoms with Crippen molar-refractivity contribution in [2.24, 2.45) is 4.99 Å². The minimum atomic E-state index is -1.01. The second-order valence-electron chi connectivity index (χ2n) is 10.0. The highest BCUT2D eigenvalue weighted by molar-refractivity contribution is 6.06. The molecule has 206 valence electrons. The van der Waals surface area contributed by atoms with Gasteiger partial charge < -0.3 is 9.52 Å². The quantitative estimate of drug-likeness (QED) is 0.234. The average molecular weight is 549 g/mol. The first-order valence-corrected chi connectivity index (χ1v) is 13.6. The number of aromatic amines is 1. The Morgan fingerprint density at radius 2 is 1.85 bits per heavy atom. The van der Waals surface area contributed by atoms with E-state index in [1.807, 2.05) is 48.5 Å². The largest absolute Gasteiger partial charge is 0.478 e.